The van der Waals surface area contributed by atoms with Crippen molar-refractivity contribution in [1.29, 1.82) is 0 Å². The van der Waals surface area contributed by atoms with Gasteiger partial charge in [-0.1, -0.05) is 29.5 Å². The molecule has 0 bridgehead atoms. The van der Waals surface area contributed by atoms with Crippen LogP contribution >= 0.6 is 11.3 Å². The topological polar surface area (TPSA) is 60.7 Å². The lowest BCUT2D eigenvalue weighted by Gasteiger charge is -2.09. The highest BCUT2D eigenvalue weighted by atomic mass is 32.1. The zero-order chi connectivity index (χ0) is 14.8. The van der Waals surface area contributed by atoms with Crippen molar-refractivity contribution in [3.63, 3.8) is 0 Å². The predicted molar refractivity (Wildman–Crippen MR) is 80.3 cm³/mol. The number of carbonyl (C=O) groups is 1. The second-order valence-corrected chi connectivity index (χ2v) is 5.73. The third-order valence-corrected chi connectivity index (χ3v) is 4.38. The second kappa shape index (κ2) is 5.65. The van der Waals surface area contributed by atoms with Crippen LogP contribution in [0.4, 0.5) is 5.69 Å². The molecule has 3 rings (SSSR count). The number of thiazole rings is 1. The van der Waals surface area contributed by atoms with Crippen molar-refractivity contribution in [2.45, 2.75) is 19.4 Å². The maximum Gasteiger partial charge on any atom is 0.332 e. The van der Waals surface area contributed by atoms with Gasteiger partial charge in [0.1, 0.15) is 4.53 Å². The van der Waals surface area contributed by atoms with Crippen molar-refractivity contribution in [3.8, 4) is 0 Å². The summed E-state index contributed by atoms with van der Waals surface area (Å²) >= 11 is 1.22. The number of nitrogens with zero attached hydrogens (tertiary/aromatic N) is 2. The SMILES string of the molecule is COC(=O)/C=c1/sc2n(c1=O)CCCc1ccccc1N=2. The summed E-state index contributed by atoms with van der Waals surface area (Å²) in [5, 5.41) is 0. The molecule has 5 nitrogen and oxygen atoms in total. The molecule has 1 aliphatic rings. The Balaban J connectivity index is 2.24. The summed E-state index contributed by atoms with van der Waals surface area (Å²) in [7, 11) is 1.29. The molecule has 0 amide bonds. The Hall–Kier alpha value is -2.21. The molecule has 0 saturated carbocycles. The van der Waals surface area contributed by atoms with Gasteiger partial charge in [0.25, 0.3) is 5.56 Å². The van der Waals surface area contributed by atoms with Crippen molar-refractivity contribution in [3.05, 3.63) is 49.5 Å². The quantitative estimate of drug-likeness (QED) is 0.731. The number of hydrogen-bond acceptors (Lipinski definition) is 5. The summed E-state index contributed by atoms with van der Waals surface area (Å²) in [6.45, 7) is 0.609. The standard InChI is InChI=1S/C15H14N2O3S/c1-20-13(18)9-12-14(19)17-8-4-6-10-5-2-3-7-11(10)16-15(17)21-12/h2-3,5,7,9H,4,6,8H2,1H3/b12-9+,16-15?. The average Bonchev–Trinajstić information content (AvgIpc) is 2.74. The molecular weight excluding hydrogens is 288 g/mol. The van der Waals surface area contributed by atoms with E-state index in [4.69, 9.17) is 0 Å². The number of benzene rings is 1. The fourth-order valence-corrected chi connectivity index (χ4v) is 3.29. The molecule has 21 heavy (non-hydrogen) atoms. The van der Waals surface area contributed by atoms with E-state index in [1.165, 1.54) is 30.1 Å². The molecule has 0 aliphatic carbocycles. The number of ether oxygens (including phenoxy) is 1. The smallest absolute Gasteiger partial charge is 0.332 e. The predicted octanol–water partition coefficient (Wildman–Crippen LogP) is 0.761. The molecule has 0 saturated heterocycles. The molecule has 0 unspecified atom stereocenters. The van der Waals surface area contributed by atoms with Gasteiger partial charge >= 0.3 is 5.97 Å². The van der Waals surface area contributed by atoms with Gasteiger partial charge in [-0.2, -0.15) is 0 Å². The highest BCUT2D eigenvalue weighted by Crippen LogP contribution is 2.20. The molecule has 0 spiro atoms. The van der Waals surface area contributed by atoms with E-state index in [2.05, 4.69) is 15.8 Å². The van der Waals surface area contributed by atoms with Gasteiger partial charge in [0.2, 0.25) is 0 Å². The minimum absolute atomic E-state index is 0.177. The summed E-state index contributed by atoms with van der Waals surface area (Å²) in [4.78, 5) is 28.9. The van der Waals surface area contributed by atoms with E-state index in [9.17, 15) is 9.59 Å². The average molecular weight is 302 g/mol. The number of hydrogen-bond donors (Lipinski definition) is 0. The van der Waals surface area contributed by atoms with Gasteiger partial charge in [0.05, 0.1) is 12.8 Å². The monoisotopic (exact) mass is 302 g/mol. The summed E-state index contributed by atoms with van der Waals surface area (Å²) < 4.78 is 6.58. The van der Waals surface area contributed by atoms with E-state index in [0.29, 0.717) is 15.9 Å². The maximum atomic E-state index is 12.3. The molecule has 2 aromatic rings. The van der Waals surface area contributed by atoms with Gasteiger partial charge in [-0.15, -0.1) is 0 Å². The molecule has 1 aliphatic heterocycles. The number of methoxy groups -OCH3 is 1. The summed E-state index contributed by atoms with van der Waals surface area (Å²) in [6.07, 6.45) is 2.98. The second-order valence-electron chi connectivity index (χ2n) is 4.72. The normalized spacial score (nSPS) is 14.4. The number of rotatable bonds is 1. The Bertz CT molecular complexity index is 864. The highest BCUT2D eigenvalue weighted by molar-refractivity contribution is 7.07. The van der Waals surface area contributed by atoms with E-state index in [0.717, 1.165) is 18.5 Å². The Morgan fingerprint density at radius 2 is 2.24 bits per heavy atom. The first-order valence-corrected chi connectivity index (χ1v) is 7.46. The number of para-hydroxylation sites is 1. The van der Waals surface area contributed by atoms with Crippen molar-refractivity contribution in [1.82, 2.24) is 4.57 Å². The molecule has 0 N–H and O–H groups in total. The van der Waals surface area contributed by atoms with Crippen LogP contribution in [0.1, 0.15) is 12.0 Å². The van der Waals surface area contributed by atoms with Crippen LogP contribution in [0.2, 0.25) is 0 Å². The van der Waals surface area contributed by atoms with Crippen molar-refractivity contribution in [2.75, 3.05) is 7.11 Å². The molecule has 1 aromatic heterocycles. The fourth-order valence-electron chi connectivity index (χ4n) is 2.32. The molecule has 108 valence electrons. The third-order valence-electron chi connectivity index (χ3n) is 3.37. The lowest BCUT2D eigenvalue weighted by molar-refractivity contribution is -0.133. The van der Waals surface area contributed by atoms with Crippen LogP contribution in [0.15, 0.2) is 34.1 Å². The Kier molecular flexibility index (Phi) is 3.70. The number of carbonyl (C=O) groups excluding carboxylic acids is 1. The van der Waals surface area contributed by atoms with Crippen LogP contribution in [0.5, 0.6) is 0 Å². The summed E-state index contributed by atoms with van der Waals surface area (Å²) in [5.41, 5.74) is 1.89. The van der Waals surface area contributed by atoms with Gasteiger partial charge in [0.15, 0.2) is 4.80 Å². The Morgan fingerprint density at radius 3 is 3.05 bits per heavy atom. The lowest BCUT2D eigenvalue weighted by Crippen LogP contribution is -2.32. The van der Waals surface area contributed by atoms with Gasteiger partial charge in [-0.3, -0.25) is 9.36 Å². The number of aromatic nitrogens is 1. The highest BCUT2D eigenvalue weighted by Gasteiger charge is 2.11. The first-order valence-electron chi connectivity index (χ1n) is 6.65. The molecule has 1 aromatic carbocycles. The van der Waals surface area contributed by atoms with Crippen molar-refractivity contribution in [2.24, 2.45) is 4.99 Å². The molecule has 6 heteroatoms. The van der Waals surface area contributed by atoms with Crippen molar-refractivity contribution < 1.29 is 9.53 Å². The number of fused-ring (bicyclic) bond motifs is 2. The largest absolute Gasteiger partial charge is 0.466 e. The fraction of sp³-hybridized carbons (Fsp3) is 0.267. The molecule has 0 atom stereocenters. The Labute approximate surface area is 124 Å². The number of esters is 1. The van der Waals surface area contributed by atoms with Gasteiger partial charge in [-0.05, 0) is 24.5 Å². The van der Waals surface area contributed by atoms with E-state index in [1.807, 2.05) is 18.2 Å². The van der Waals surface area contributed by atoms with Gasteiger partial charge in [0, 0.05) is 12.6 Å². The minimum Gasteiger partial charge on any atom is -0.466 e. The molecule has 0 radical (unpaired) electrons. The van der Waals surface area contributed by atoms with Gasteiger partial charge in [-0.25, -0.2) is 9.79 Å². The van der Waals surface area contributed by atoms with E-state index in [1.54, 1.807) is 4.57 Å². The van der Waals surface area contributed by atoms with Crippen LogP contribution in [0.25, 0.3) is 6.08 Å². The Morgan fingerprint density at radius 1 is 1.43 bits per heavy atom. The van der Waals surface area contributed by atoms with Crippen LogP contribution in [-0.4, -0.2) is 17.6 Å². The van der Waals surface area contributed by atoms with Crippen LogP contribution in [0, 0.1) is 0 Å². The summed E-state index contributed by atoms with van der Waals surface area (Å²) in [5.74, 6) is -0.526. The van der Waals surface area contributed by atoms with E-state index < -0.39 is 5.97 Å². The van der Waals surface area contributed by atoms with Crippen molar-refractivity contribution >= 4 is 29.1 Å². The zero-order valence-corrected chi connectivity index (χ0v) is 12.4. The first kappa shape index (κ1) is 13.8. The third kappa shape index (κ3) is 2.67. The van der Waals surface area contributed by atoms with Crippen LogP contribution in [0.3, 0.4) is 0 Å². The molecule has 2 heterocycles. The lowest BCUT2D eigenvalue weighted by atomic mass is 10.1. The number of aryl methyl sites for hydroxylation is 1. The molecular formula is C15H14N2O3S. The van der Waals surface area contributed by atoms with Gasteiger partial charge < -0.3 is 4.74 Å². The molecule has 0 fully saturated rings. The van der Waals surface area contributed by atoms with E-state index >= 15 is 0 Å². The minimum atomic E-state index is -0.526. The zero-order valence-electron chi connectivity index (χ0n) is 11.5. The first-order chi connectivity index (χ1) is 10.2. The summed E-state index contributed by atoms with van der Waals surface area (Å²) in [6, 6.07) is 7.93. The van der Waals surface area contributed by atoms with Crippen LogP contribution < -0.4 is 14.9 Å². The maximum absolute atomic E-state index is 12.3. The van der Waals surface area contributed by atoms with E-state index in [-0.39, 0.29) is 5.56 Å². The van der Waals surface area contributed by atoms with Crippen LogP contribution in [-0.2, 0) is 22.5 Å².